The highest BCUT2D eigenvalue weighted by Gasteiger charge is 2.38. The number of nitrogens with two attached hydrogens (primary N) is 2. The van der Waals surface area contributed by atoms with Crippen LogP contribution in [0.15, 0.2) is 60.7 Å². The second-order valence-electron chi connectivity index (χ2n) is 11.1. The van der Waals surface area contributed by atoms with E-state index in [0.29, 0.717) is 35.5 Å². The fourth-order valence-electron chi connectivity index (χ4n) is 6.00. The zero-order valence-electron chi connectivity index (χ0n) is 24.2. The summed E-state index contributed by atoms with van der Waals surface area (Å²) >= 11 is 0. The zero-order chi connectivity index (χ0) is 30.0. The maximum atomic E-state index is 12.1. The lowest BCUT2D eigenvalue weighted by molar-refractivity contribution is 0.0524. The highest BCUT2D eigenvalue weighted by atomic mass is 16.5. The van der Waals surface area contributed by atoms with Crippen molar-refractivity contribution in [3.05, 3.63) is 94.3 Å². The topological polar surface area (TPSA) is 151 Å². The van der Waals surface area contributed by atoms with Crippen molar-refractivity contribution >= 4 is 23.6 Å². The monoisotopic (exact) mass is 570 g/mol. The Kier molecular flexibility index (Phi) is 8.33. The molecule has 0 amide bonds. The first kappa shape index (κ1) is 28.9. The molecule has 0 unspecified atom stereocenters. The van der Waals surface area contributed by atoms with Crippen molar-refractivity contribution in [2.45, 2.75) is 56.3 Å². The molecular weight excluding hydrogens is 532 g/mol. The predicted octanol–water partition coefficient (Wildman–Crippen LogP) is 5.20. The van der Waals surface area contributed by atoms with Crippen molar-refractivity contribution in [1.29, 1.82) is 0 Å². The van der Waals surface area contributed by atoms with E-state index in [0.717, 1.165) is 31.4 Å². The molecule has 0 aliphatic heterocycles. The summed E-state index contributed by atoms with van der Waals surface area (Å²) < 4.78 is 8.14. The third-order valence-corrected chi connectivity index (χ3v) is 8.52. The lowest BCUT2D eigenvalue weighted by Gasteiger charge is -2.35. The van der Waals surface area contributed by atoms with Crippen LogP contribution in [0.4, 0.5) is 11.6 Å². The first-order valence-electron chi connectivity index (χ1n) is 14.3. The average molecular weight is 571 g/mol. The van der Waals surface area contributed by atoms with Crippen molar-refractivity contribution in [3.63, 3.8) is 0 Å². The van der Waals surface area contributed by atoms with Gasteiger partial charge in [0.2, 0.25) is 0 Å². The number of carbonyl (C=O) groups is 2. The quantitative estimate of drug-likeness (QED) is 0.256. The summed E-state index contributed by atoms with van der Waals surface area (Å²) in [5, 5.41) is 18.0. The van der Waals surface area contributed by atoms with Crippen molar-refractivity contribution in [1.82, 2.24) is 19.6 Å². The Labute approximate surface area is 245 Å². The van der Waals surface area contributed by atoms with Gasteiger partial charge in [0.25, 0.3) is 0 Å². The van der Waals surface area contributed by atoms with Crippen molar-refractivity contribution < 1.29 is 19.4 Å². The molecule has 2 saturated carbocycles. The minimum atomic E-state index is -0.992. The van der Waals surface area contributed by atoms with Crippen LogP contribution >= 0.6 is 0 Å². The van der Waals surface area contributed by atoms with Crippen LogP contribution in [0.5, 0.6) is 0 Å². The number of rotatable bonds is 7. The first-order valence-corrected chi connectivity index (χ1v) is 14.3. The molecule has 4 aromatic rings. The molecule has 0 bridgehead atoms. The lowest BCUT2D eigenvalue weighted by Crippen LogP contribution is -2.22. The molecule has 5 N–H and O–H groups in total. The lowest BCUT2D eigenvalue weighted by atomic mass is 9.69. The van der Waals surface area contributed by atoms with Crippen molar-refractivity contribution in [2.75, 3.05) is 18.1 Å². The minimum absolute atomic E-state index is 0.170. The second-order valence-corrected chi connectivity index (χ2v) is 11.1. The molecule has 2 aliphatic rings. The third-order valence-electron chi connectivity index (χ3n) is 8.52. The van der Waals surface area contributed by atoms with Gasteiger partial charge in [-0.05, 0) is 55.6 Å². The zero-order valence-corrected chi connectivity index (χ0v) is 24.2. The number of hydrogen-bond acceptors (Lipinski definition) is 7. The van der Waals surface area contributed by atoms with E-state index in [1.165, 1.54) is 15.8 Å². The van der Waals surface area contributed by atoms with Gasteiger partial charge in [0, 0.05) is 25.9 Å². The van der Waals surface area contributed by atoms with Gasteiger partial charge in [-0.3, -0.25) is 9.36 Å². The summed E-state index contributed by atoms with van der Waals surface area (Å²) in [4.78, 5) is 23.5. The Hall–Kier alpha value is -4.60. The van der Waals surface area contributed by atoms with Gasteiger partial charge in [-0.2, -0.15) is 10.2 Å². The molecule has 0 spiro atoms. The number of benzene rings is 2. The van der Waals surface area contributed by atoms with Gasteiger partial charge in [-0.25, -0.2) is 9.59 Å². The molecule has 2 heterocycles. The number of nitrogen functional groups attached to an aromatic ring is 2. The van der Waals surface area contributed by atoms with Gasteiger partial charge in [-0.1, -0.05) is 60.7 Å². The van der Waals surface area contributed by atoms with Gasteiger partial charge in [-0.15, -0.1) is 0 Å². The van der Waals surface area contributed by atoms with Crippen molar-refractivity contribution in [3.8, 4) is 0 Å². The van der Waals surface area contributed by atoms with E-state index in [4.69, 9.17) is 16.2 Å². The molecule has 42 heavy (non-hydrogen) atoms. The maximum absolute atomic E-state index is 12.1. The molecule has 10 heteroatoms. The van der Waals surface area contributed by atoms with E-state index >= 15 is 0 Å². The average Bonchev–Trinajstić information content (AvgIpc) is 3.38. The van der Waals surface area contributed by atoms with Crippen LogP contribution < -0.4 is 11.5 Å². The number of hydrogen-bond donors (Lipinski definition) is 3. The van der Waals surface area contributed by atoms with E-state index in [2.05, 4.69) is 46.6 Å². The van der Waals surface area contributed by atoms with E-state index in [1.54, 1.807) is 25.7 Å². The van der Waals surface area contributed by atoms with E-state index in [-0.39, 0.29) is 29.2 Å². The molecular formula is C32H38N6O4. The highest BCUT2D eigenvalue weighted by molar-refractivity contribution is 5.96. The molecule has 10 nitrogen and oxygen atoms in total. The molecule has 0 radical (unpaired) electrons. The molecule has 2 aliphatic carbocycles. The van der Waals surface area contributed by atoms with Crippen LogP contribution in [0.25, 0.3) is 0 Å². The minimum Gasteiger partial charge on any atom is -0.477 e. The number of aromatic carboxylic acids is 1. The van der Waals surface area contributed by atoms with Crippen LogP contribution in [0.3, 0.4) is 0 Å². The normalized spacial score (nSPS) is 20.9. The van der Waals surface area contributed by atoms with Crippen LogP contribution in [0, 0.1) is 0 Å². The molecule has 0 saturated heterocycles. The van der Waals surface area contributed by atoms with Gasteiger partial charge >= 0.3 is 11.9 Å². The van der Waals surface area contributed by atoms with Gasteiger partial charge in [0.15, 0.2) is 0 Å². The number of ether oxygens (including phenoxy) is 1. The van der Waals surface area contributed by atoms with Gasteiger partial charge in [0.1, 0.15) is 22.8 Å². The summed E-state index contributed by atoms with van der Waals surface area (Å²) in [5.41, 5.74) is 16.5. The Balaban J connectivity index is 0.000000169. The summed E-state index contributed by atoms with van der Waals surface area (Å²) in [6.07, 6.45) is 3.85. The second kappa shape index (κ2) is 12.1. The smallest absolute Gasteiger partial charge is 0.343 e. The number of esters is 1. The molecule has 2 aromatic carbocycles. The number of carboxylic acids is 1. The van der Waals surface area contributed by atoms with Gasteiger partial charge in [0.05, 0.1) is 18.0 Å². The van der Waals surface area contributed by atoms with Gasteiger partial charge < -0.3 is 21.3 Å². The maximum Gasteiger partial charge on any atom is 0.343 e. The van der Waals surface area contributed by atoms with Crippen LogP contribution in [0.1, 0.15) is 99.5 Å². The Bertz CT molecular complexity index is 1550. The third kappa shape index (κ3) is 5.61. The Morgan fingerprint density at radius 2 is 1.17 bits per heavy atom. The number of aryl methyl sites for hydroxylation is 2. The number of anilines is 2. The number of nitrogens with zero attached hydrogens (tertiary/aromatic N) is 4. The summed E-state index contributed by atoms with van der Waals surface area (Å²) in [5.74, 6) is 0.741. The fourth-order valence-corrected chi connectivity index (χ4v) is 6.00. The molecule has 2 aromatic heterocycles. The first-order chi connectivity index (χ1) is 20.2. The standard InChI is InChI=1S/C17H21N3O2.C15H17N3O2/c1-3-22-17(21)14-15(19-20(2)16(14)18)13-9-12(10-13)11-7-5-4-6-8-11;1-18-14(16)12(15(19)20)13(17-18)11-7-10(8-11)9-5-3-2-4-6-9/h4-8,12-13H,3,9-10,18H2,1-2H3;2-6,10-11H,7-8,16H2,1H3,(H,19,20). The summed E-state index contributed by atoms with van der Waals surface area (Å²) in [6, 6.07) is 20.8. The number of carboxylic acid groups (broad SMARTS) is 1. The molecule has 0 atom stereocenters. The largest absolute Gasteiger partial charge is 0.477 e. The molecule has 2 fully saturated rings. The summed E-state index contributed by atoms with van der Waals surface area (Å²) in [6.45, 7) is 2.13. The van der Waals surface area contributed by atoms with Crippen LogP contribution in [-0.2, 0) is 18.8 Å². The fraction of sp³-hybridized carbons (Fsp3) is 0.375. The van der Waals surface area contributed by atoms with Crippen molar-refractivity contribution in [2.24, 2.45) is 14.1 Å². The summed E-state index contributed by atoms with van der Waals surface area (Å²) in [7, 11) is 3.44. The predicted molar refractivity (Wildman–Crippen MR) is 160 cm³/mol. The van der Waals surface area contributed by atoms with Crippen LogP contribution in [0.2, 0.25) is 0 Å². The van der Waals surface area contributed by atoms with E-state index in [1.807, 2.05) is 24.3 Å². The molecule has 6 rings (SSSR count). The number of carbonyl (C=O) groups excluding carboxylic acids is 1. The van der Waals surface area contributed by atoms with E-state index < -0.39 is 5.97 Å². The Morgan fingerprint density at radius 3 is 1.57 bits per heavy atom. The molecule has 220 valence electrons. The number of aromatic nitrogens is 4. The highest BCUT2D eigenvalue weighted by Crippen LogP contribution is 2.49. The van der Waals surface area contributed by atoms with Crippen LogP contribution in [-0.4, -0.2) is 43.2 Å². The SMILES string of the molecule is CCOC(=O)c1c(C2CC(c3ccccc3)C2)nn(C)c1N.Cn1nc(C2CC(c3ccccc3)C2)c(C(=O)O)c1N. The van der Waals surface area contributed by atoms with E-state index in [9.17, 15) is 14.7 Å². The Morgan fingerprint density at radius 1 is 0.762 bits per heavy atom.